The maximum Gasteiger partial charge on any atom is 0.250 e. The van der Waals surface area contributed by atoms with Gasteiger partial charge in [0.05, 0.1) is 5.56 Å². The van der Waals surface area contributed by atoms with Crippen LogP contribution < -0.4 is 11.1 Å². The average molecular weight is 213 g/mol. The zero-order chi connectivity index (χ0) is 10.6. The number of benzene rings is 1. The third kappa shape index (κ3) is 2.92. The van der Waals surface area contributed by atoms with Crippen LogP contribution in [0.5, 0.6) is 0 Å². The van der Waals surface area contributed by atoms with Gasteiger partial charge in [-0.1, -0.05) is 12.1 Å². The molecule has 3 N–H and O–H groups in total. The highest BCUT2D eigenvalue weighted by atomic mass is 35.5. The van der Waals surface area contributed by atoms with Crippen LogP contribution in [-0.2, 0) is 0 Å². The van der Waals surface area contributed by atoms with Gasteiger partial charge in [0.2, 0.25) is 0 Å². The maximum absolute atomic E-state index is 11.0. The van der Waals surface area contributed by atoms with E-state index in [-0.39, 0.29) is 5.38 Å². The molecule has 3 nitrogen and oxygen atoms in total. The lowest BCUT2D eigenvalue weighted by atomic mass is 10.1. The van der Waals surface area contributed by atoms with Gasteiger partial charge in [0.1, 0.15) is 0 Å². The number of nitrogens with one attached hydrogen (secondary N) is 1. The van der Waals surface area contributed by atoms with Crippen LogP contribution in [0.3, 0.4) is 0 Å². The van der Waals surface area contributed by atoms with Gasteiger partial charge in [-0.05, 0) is 19.1 Å². The molecule has 0 saturated carbocycles. The Morgan fingerprint density at radius 3 is 2.79 bits per heavy atom. The molecular formula is C10H13ClN2O. The third-order valence-corrected chi connectivity index (χ3v) is 1.92. The predicted octanol–water partition coefficient (Wildman–Crippen LogP) is 1.82. The standard InChI is InChI=1S/C10H13ClN2O/c1-7(11)6-13-9-5-3-2-4-8(9)10(12)14/h2-5,7,13H,6H2,1H3,(H2,12,14). The summed E-state index contributed by atoms with van der Waals surface area (Å²) >= 11 is 5.78. The number of hydrogen-bond acceptors (Lipinski definition) is 2. The van der Waals surface area contributed by atoms with Gasteiger partial charge < -0.3 is 11.1 Å². The van der Waals surface area contributed by atoms with E-state index >= 15 is 0 Å². The molecule has 4 heteroatoms. The fraction of sp³-hybridized carbons (Fsp3) is 0.300. The highest BCUT2D eigenvalue weighted by Gasteiger charge is 2.06. The van der Waals surface area contributed by atoms with Crippen molar-refractivity contribution < 1.29 is 4.79 Å². The van der Waals surface area contributed by atoms with Crippen molar-refractivity contribution in [2.24, 2.45) is 5.73 Å². The summed E-state index contributed by atoms with van der Waals surface area (Å²) in [5.74, 6) is -0.435. The summed E-state index contributed by atoms with van der Waals surface area (Å²) in [5.41, 5.74) is 6.43. The molecule has 76 valence electrons. The minimum atomic E-state index is -0.435. The number of halogens is 1. The second-order valence-electron chi connectivity index (χ2n) is 3.07. The number of hydrogen-bond donors (Lipinski definition) is 2. The van der Waals surface area contributed by atoms with Crippen LogP contribution in [0.4, 0.5) is 5.69 Å². The lowest BCUT2D eigenvalue weighted by Crippen LogP contribution is -2.17. The fourth-order valence-electron chi connectivity index (χ4n) is 1.10. The lowest BCUT2D eigenvalue weighted by Gasteiger charge is -2.10. The van der Waals surface area contributed by atoms with Gasteiger partial charge in [0.15, 0.2) is 0 Å². The molecule has 1 rings (SSSR count). The summed E-state index contributed by atoms with van der Waals surface area (Å²) in [7, 11) is 0. The van der Waals surface area contributed by atoms with E-state index in [2.05, 4.69) is 5.32 Å². The monoisotopic (exact) mass is 212 g/mol. The highest BCUT2D eigenvalue weighted by molar-refractivity contribution is 6.20. The first kappa shape index (κ1) is 10.9. The molecule has 0 aliphatic carbocycles. The maximum atomic E-state index is 11.0. The van der Waals surface area contributed by atoms with E-state index in [1.165, 1.54) is 0 Å². The fourth-order valence-corrected chi connectivity index (χ4v) is 1.18. The van der Waals surface area contributed by atoms with Gasteiger partial charge in [-0.2, -0.15) is 0 Å². The summed E-state index contributed by atoms with van der Waals surface area (Å²) < 4.78 is 0. The van der Waals surface area contributed by atoms with Gasteiger partial charge >= 0.3 is 0 Å². The normalized spacial score (nSPS) is 12.1. The smallest absolute Gasteiger partial charge is 0.250 e. The molecule has 1 unspecified atom stereocenters. The molecule has 0 heterocycles. The zero-order valence-corrected chi connectivity index (χ0v) is 8.71. The van der Waals surface area contributed by atoms with Crippen molar-refractivity contribution >= 4 is 23.2 Å². The Labute approximate surface area is 88.2 Å². The number of nitrogens with two attached hydrogens (primary N) is 1. The molecule has 0 bridgehead atoms. The minimum absolute atomic E-state index is 0.0101. The van der Waals surface area contributed by atoms with Crippen molar-refractivity contribution in [2.75, 3.05) is 11.9 Å². The molecule has 1 aromatic carbocycles. The van der Waals surface area contributed by atoms with Crippen molar-refractivity contribution in [3.63, 3.8) is 0 Å². The molecule has 1 amide bonds. The van der Waals surface area contributed by atoms with Crippen molar-refractivity contribution in [3.8, 4) is 0 Å². The van der Waals surface area contributed by atoms with Gasteiger partial charge in [-0.15, -0.1) is 11.6 Å². The van der Waals surface area contributed by atoms with Crippen LogP contribution in [-0.4, -0.2) is 17.8 Å². The topological polar surface area (TPSA) is 55.1 Å². The molecule has 0 aromatic heterocycles. The minimum Gasteiger partial charge on any atom is -0.383 e. The summed E-state index contributed by atoms with van der Waals surface area (Å²) in [5, 5.41) is 3.07. The van der Waals surface area contributed by atoms with E-state index in [4.69, 9.17) is 17.3 Å². The molecule has 14 heavy (non-hydrogen) atoms. The summed E-state index contributed by atoms with van der Waals surface area (Å²) in [4.78, 5) is 11.0. The number of primary amides is 1. The third-order valence-electron chi connectivity index (χ3n) is 1.77. The van der Waals surface area contributed by atoms with Gasteiger partial charge in [0.25, 0.3) is 5.91 Å². The lowest BCUT2D eigenvalue weighted by molar-refractivity contribution is 0.100. The van der Waals surface area contributed by atoms with E-state index in [1.807, 2.05) is 13.0 Å². The quantitative estimate of drug-likeness (QED) is 0.749. The number of para-hydroxylation sites is 1. The van der Waals surface area contributed by atoms with E-state index in [0.717, 1.165) is 5.69 Å². The first-order valence-corrected chi connectivity index (χ1v) is 4.81. The number of anilines is 1. The van der Waals surface area contributed by atoms with Crippen LogP contribution in [0, 0.1) is 0 Å². The van der Waals surface area contributed by atoms with Crippen LogP contribution in [0.15, 0.2) is 24.3 Å². The molecule has 1 atom stereocenters. The average Bonchev–Trinajstić information content (AvgIpc) is 2.15. The van der Waals surface area contributed by atoms with Crippen molar-refractivity contribution in [1.29, 1.82) is 0 Å². The number of rotatable bonds is 4. The number of carbonyl (C=O) groups is 1. The first-order valence-electron chi connectivity index (χ1n) is 4.38. The second kappa shape index (κ2) is 4.86. The van der Waals surface area contributed by atoms with Gasteiger partial charge in [-0.25, -0.2) is 0 Å². The molecule has 0 aliphatic heterocycles. The van der Waals surface area contributed by atoms with Crippen LogP contribution in [0.2, 0.25) is 0 Å². The summed E-state index contributed by atoms with van der Waals surface area (Å²) in [6, 6.07) is 7.10. The Balaban J connectivity index is 2.79. The van der Waals surface area contributed by atoms with E-state index < -0.39 is 5.91 Å². The summed E-state index contributed by atoms with van der Waals surface area (Å²) in [6.07, 6.45) is 0. The van der Waals surface area contributed by atoms with E-state index in [1.54, 1.807) is 18.2 Å². The van der Waals surface area contributed by atoms with Crippen LogP contribution >= 0.6 is 11.6 Å². The second-order valence-corrected chi connectivity index (χ2v) is 3.82. The Hall–Kier alpha value is -1.22. The van der Waals surface area contributed by atoms with Crippen molar-refractivity contribution in [3.05, 3.63) is 29.8 Å². The first-order chi connectivity index (χ1) is 6.61. The molecule has 1 aromatic rings. The SMILES string of the molecule is CC(Cl)CNc1ccccc1C(N)=O. The molecule has 0 saturated heterocycles. The largest absolute Gasteiger partial charge is 0.383 e. The Bertz CT molecular complexity index is 326. The molecular weight excluding hydrogens is 200 g/mol. The van der Waals surface area contributed by atoms with E-state index in [9.17, 15) is 4.79 Å². The highest BCUT2D eigenvalue weighted by Crippen LogP contribution is 2.14. The van der Waals surface area contributed by atoms with Crippen molar-refractivity contribution in [1.82, 2.24) is 0 Å². The Morgan fingerprint density at radius 2 is 2.21 bits per heavy atom. The number of carbonyl (C=O) groups excluding carboxylic acids is 1. The van der Waals surface area contributed by atoms with Gasteiger partial charge in [0, 0.05) is 17.6 Å². The van der Waals surface area contributed by atoms with E-state index in [0.29, 0.717) is 12.1 Å². The zero-order valence-electron chi connectivity index (χ0n) is 7.96. The predicted molar refractivity (Wildman–Crippen MR) is 58.8 cm³/mol. The number of amides is 1. The molecule has 0 aliphatic rings. The molecule has 0 radical (unpaired) electrons. The van der Waals surface area contributed by atoms with Crippen molar-refractivity contribution in [2.45, 2.75) is 12.3 Å². The summed E-state index contributed by atoms with van der Waals surface area (Å²) in [6.45, 7) is 2.48. The Kier molecular flexibility index (Phi) is 3.77. The van der Waals surface area contributed by atoms with Crippen LogP contribution in [0.1, 0.15) is 17.3 Å². The number of alkyl halides is 1. The molecule has 0 fully saturated rings. The van der Waals surface area contributed by atoms with Gasteiger partial charge in [-0.3, -0.25) is 4.79 Å². The van der Waals surface area contributed by atoms with Crippen LogP contribution in [0.25, 0.3) is 0 Å². The Morgan fingerprint density at radius 1 is 1.57 bits per heavy atom. The molecule has 0 spiro atoms.